The third-order valence-corrected chi connectivity index (χ3v) is 3.96. The fourth-order valence-electron chi connectivity index (χ4n) is 2.05. The number of rotatable bonds is 7. The molecule has 0 bridgehead atoms. The van der Waals surface area contributed by atoms with Gasteiger partial charge in [-0.3, -0.25) is 9.59 Å². The number of nitrogens with two attached hydrogens (primary N) is 1. The molecule has 27 heavy (non-hydrogen) atoms. The summed E-state index contributed by atoms with van der Waals surface area (Å²) < 4.78 is 5.68. The van der Waals surface area contributed by atoms with Crippen LogP contribution in [0.25, 0.3) is 0 Å². The van der Waals surface area contributed by atoms with Gasteiger partial charge in [-0.1, -0.05) is 37.6 Å². The Hall–Kier alpha value is -2.28. The van der Waals surface area contributed by atoms with Gasteiger partial charge in [-0.2, -0.15) is 0 Å². The Bertz CT molecular complexity index is 767. The van der Waals surface area contributed by atoms with Gasteiger partial charge in [0, 0.05) is 5.69 Å². The van der Waals surface area contributed by atoms with Crippen LogP contribution in [-0.4, -0.2) is 24.4 Å². The van der Waals surface area contributed by atoms with Crippen molar-refractivity contribution in [1.29, 1.82) is 0 Å². The molecular formula is C19H23Cl2N3O3. The zero-order chi connectivity index (χ0) is 19.1. The average Bonchev–Trinajstić information content (AvgIpc) is 2.62. The van der Waals surface area contributed by atoms with E-state index < -0.39 is 6.04 Å². The lowest BCUT2D eigenvalue weighted by atomic mass is 10.1. The van der Waals surface area contributed by atoms with Crippen LogP contribution < -0.4 is 21.1 Å². The van der Waals surface area contributed by atoms with Gasteiger partial charge in [0.25, 0.3) is 0 Å². The fraction of sp³-hybridized carbons (Fsp3) is 0.263. The number of carbonyl (C=O) groups excluding carboxylic acids is 2. The summed E-state index contributed by atoms with van der Waals surface area (Å²) in [5.74, 6) is 0.457. The SMILES string of the molecule is CC(C)[C@H](N)C(=O)NCC(=O)Nc1ccc(Oc2ccccc2Cl)cc1.Cl. The number of amides is 2. The lowest BCUT2D eigenvalue weighted by molar-refractivity contribution is -0.125. The molecule has 0 aromatic heterocycles. The maximum Gasteiger partial charge on any atom is 0.243 e. The first kappa shape index (κ1) is 22.8. The molecule has 1 atom stereocenters. The van der Waals surface area contributed by atoms with E-state index in [2.05, 4.69) is 10.6 Å². The van der Waals surface area contributed by atoms with E-state index in [9.17, 15) is 9.59 Å². The Morgan fingerprint density at radius 2 is 1.74 bits per heavy atom. The van der Waals surface area contributed by atoms with Gasteiger partial charge in [0.05, 0.1) is 17.6 Å². The van der Waals surface area contributed by atoms with Crippen LogP contribution in [0.5, 0.6) is 11.5 Å². The van der Waals surface area contributed by atoms with Crippen LogP contribution in [0.4, 0.5) is 5.69 Å². The summed E-state index contributed by atoms with van der Waals surface area (Å²) in [6.45, 7) is 3.55. The third-order valence-electron chi connectivity index (χ3n) is 3.65. The lowest BCUT2D eigenvalue weighted by Gasteiger charge is -2.15. The van der Waals surface area contributed by atoms with Gasteiger partial charge in [-0.05, 0) is 42.3 Å². The summed E-state index contributed by atoms with van der Waals surface area (Å²) in [5, 5.41) is 5.72. The first-order valence-corrected chi connectivity index (χ1v) is 8.60. The molecule has 0 aliphatic heterocycles. The molecule has 146 valence electrons. The summed E-state index contributed by atoms with van der Waals surface area (Å²) in [4.78, 5) is 23.7. The Labute approximate surface area is 169 Å². The van der Waals surface area contributed by atoms with Gasteiger partial charge in [-0.15, -0.1) is 12.4 Å². The monoisotopic (exact) mass is 411 g/mol. The predicted octanol–water partition coefficient (Wildman–Crippen LogP) is 3.59. The van der Waals surface area contributed by atoms with Crippen molar-refractivity contribution >= 4 is 41.5 Å². The van der Waals surface area contributed by atoms with E-state index in [1.54, 1.807) is 36.4 Å². The van der Waals surface area contributed by atoms with Crippen molar-refractivity contribution in [3.63, 3.8) is 0 Å². The molecule has 0 saturated heterocycles. The number of para-hydroxylation sites is 1. The van der Waals surface area contributed by atoms with Crippen LogP contribution in [0.3, 0.4) is 0 Å². The molecule has 2 aromatic carbocycles. The summed E-state index contributed by atoms with van der Waals surface area (Å²) in [7, 11) is 0. The molecule has 2 rings (SSSR count). The van der Waals surface area contributed by atoms with Crippen LogP contribution >= 0.6 is 24.0 Å². The number of carbonyl (C=O) groups is 2. The molecule has 8 heteroatoms. The largest absolute Gasteiger partial charge is 0.456 e. The number of hydrogen-bond acceptors (Lipinski definition) is 4. The molecule has 0 radical (unpaired) electrons. The van der Waals surface area contributed by atoms with Gasteiger partial charge in [0.2, 0.25) is 11.8 Å². The molecule has 4 N–H and O–H groups in total. The molecule has 0 unspecified atom stereocenters. The Morgan fingerprint density at radius 1 is 1.11 bits per heavy atom. The van der Waals surface area contributed by atoms with E-state index in [-0.39, 0.29) is 36.7 Å². The minimum Gasteiger partial charge on any atom is -0.456 e. The lowest BCUT2D eigenvalue weighted by Crippen LogP contribution is -2.46. The molecular weight excluding hydrogens is 389 g/mol. The molecule has 6 nitrogen and oxygen atoms in total. The summed E-state index contributed by atoms with van der Waals surface area (Å²) >= 11 is 6.05. The summed E-state index contributed by atoms with van der Waals surface area (Å²) in [6, 6.07) is 13.4. The van der Waals surface area contributed by atoms with Crippen LogP contribution in [0, 0.1) is 5.92 Å². The van der Waals surface area contributed by atoms with Crippen LogP contribution in [0.1, 0.15) is 13.8 Å². The van der Waals surface area contributed by atoms with Crippen molar-refractivity contribution in [2.45, 2.75) is 19.9 Å². The number of ether oxygens (including phenoxy) is 1. The van der Waals surface area contributed by atoms with E-state index in [1.165, 1.54) is 0 Å². The zero-order valence-electron chi connectivity index (χ0n) is 15.1. The minimum absolute atomic E-state index is 0. The van der Waals surface area contributed by atoms with E-state index in [4.69, 9.17) is 22.1 Å². The van der Waals surface area contributed by atoms with Gasteiger partial charge < -0.3 is 21.1 Å². The van der Waals surface area contributed by atoms with Crippen molar-refractivity contribution < 1.29 is 14.3 Å². The Kier molecular flexibility index (Phi) is 9.08. The highest BCUT2D eigenvalue weighted by Gasteiger charge is 2.17. The first-order valence-electron chi connectivity index (χ1n) is 8.22. The van der Waals surface area contributed by atoms with Crippen molar-refractivity contribution in [3.05, 3.63) is 53.6 Å². The normalized spacial score (nSPS) is 11.3. The van der Waals surface area contributed by atoms with E-state index in [1.807, 2.05) is 26.0 Å². The molecule has 0 saturated carbocycles. The maximum atomic E-state index is 11.9. The fourth-order valence-corrected chi connectivity index (χ4v) is 2.23. The van der Waals surface area contributed by atoms with Crippen molar-refractivity contribution in [3.8, 4) is 11.5 Å². The van der Waals surface area contributed by atoms with Gasteiger partial charge >= 0.3 is 0 Å². The third kappa shape index (κ3) is 7.09. The number of hydrogen-bond donors (Lipinski definition) is 3. The van der Waals surface area contributed by atoms with Crippen LogP contribution in [-0.2, 0) is 9.59 Å². The number of nitrogens with one attached hydrogen (secondary N) is 2. The molecule has 2 aromatic rings. The Balaban J connectivity index is 0.00000364. The van der Waals surface area contributed by atoms with Gasteiger partial charge in [0.1, 0.15) is 11.5 Å². The smallest absolute Gasteiger partial charge is 0.243 e. The maximum absolute atomic E-state index is 11.9. The second-order valence-electron chi connectivity index (χ2n) is 6.09. The van der Waals surface area contributed by atoms with E-state index in [0.29, 0.717) is 22.2 Å². The van der Waals surface area contributed by atoms with Crippen molar-refractivity contribution in [2.24, 2.45) is 11.7 Å². The van der Waals surface area contributed by atoms with Crippen LogP contribution in [0.2, 0.25) is 5.02 Å². The number of halogens is 2. The molecule has 0 aliphatic rings. The summed E-state index contributed by atoms with van der Waals surface area (Å²) in [5.41, 5.74) is 6.31. The highest BCUT2D eigenvalue weighted by Crippen LogP contribution is 2.29. The second kappa shape index (κ2) is 10.8. The predicted molar refractivity (Wildman–Crippen MR) is 110 cm³/mol. The van der Waals surface area contributed by atoms with E-state index >= 15 is 0 Å². The molecule has 0 aliphatic carbocycles. The van der Waals surface area contributed by atoms with E-state index in [0.717, 1.165) is 0 Å². The Morgan fingerprint density at radius 3 is 2.33 bits per heavy atom. The van der Waals surface area contributed by atoms with Crippen molar-refractivity contribution in [1.82, 2.24) is 5.32 Å². The standard InChI is InChI=1S/C19H22ClN3O3.ClH/c1-12(2)18(21)19(25)22-11-17(24)23-13-7-9-14(10-8-13)26-16-6-4-3-5-15(16)20;/h3-10,12,18H,11,21H2,1-2H3,(H,22,25)(H,23,24);1H/t18-;/m0./s1. The molecule has 2 amide bonds. The highest BCUT2D eigenvalue weighted by atomic mass is 35.5. The first-order chi connectivity index (χ1) is 12.4. The molecule has 0 heterocycles. The molecule has 0 spiro atoms. The quantitative estimate of drug-likeness (QED) is 0.648. The van der Waals surface area contributed by atoms with Gasteiger partial charge in [0.15, 0.2) is 0 Å². The van der Waals surface area contributed by atoms with Crippen LogP contribution in [0.15, 0.2) is 48.5 Å². The number of anilines is 1. The second-order valence-corrected chi connectivity index (χ2v) is 6.50. The summed E-state index contributed by atoms with van der Waals surface area (Å²) in [6.07, 6.45) is 0. The average molecular weight is 412 g/mol. The topological polar surface area (TPSA) is 93.5 Å². The number of benzene rings is 2. The minimum atomic E-state index is -0.635. The van der Waals surface area contributed by atoms with Crippen molar-refractivity contribution in [2.75, 3.05) is 11.9 Å². The zero-order valence-corrected chi connectivity index (χ0v) is 16.6. The molecule has 0 fully saturated rings. The van der Waals surface area contributed by atoms with Gasteiger partial charge in [-0.25, -0.2) is 0 Å². The highest BCUT2D eigenvalue weighted by molar-refractivity contribution is 6.32.